The molecule has 110 valence electrons. The lowest BCUT2D eigenvalue weighted by Crippen LogP contribution is -2.47. The highest BCUT2D eigenvalue weighted by atomic mass is 35.5. The molecule has 2 rings (SSSR count). The maximum absolute atomic E-state index is 12.3. The third-order valence-electron chi connectivity index (χ3n) is 3.64. The molecule has 1 aromatic carbocycles. The van der Waals surface area contributed by atoms with Crippen molar-refractivity contribution in [1.29, 1.82) is 0 Å². The number of carbonyl (C=O) groups is 1. The van der Waals surface area contributed by atoms with Crippen molar-refractivity contribution >= 4 is 23.3 Å². The summed E-state index contributed by atoms with van der Waals surface area (Å²) in [4.78, 5) is 14.1. The van der Waals surface area contributed by atoms with Crippen LogP contribution in [0.25, 0.3) is 0 Å². The van der Waals surface area contributed by atoms with Crippen LogP contribution in [0.15, 0.2) is 24.3 Å². The predicted molar refractivity (Wildman–Crippen MR) is 83.4 cm³/mol. The zero-order chi connectivity index (χ0) is 14.4. The number of benzene rings is 1. The molecule has 0 aliphatic carbocycles. The van der Waals surface area contributed by atoms with E-state index in [9.17, 15) is 4.79 Å². The molecular formula is C15H22ClN3O. The number of para-hydroxylation sites is 1. The Hall–Kier alpha value is -1.26. The van der Waals surface area contributed by atoms with Gasteiger partial charge in [-0.25, -0.2) is 4.79 Å². The maximum atomic E-state index is 12.3. The fraction of sp³-hybridized carbons (Fsp3) is 0.533. The summed E-state index contributed by atoms with van der Waals surface area (Å²) in [5.41, 5.74) is 0.661. The van der Waals surface area contributed by atoms with Gasteiger partial charge >= 0.3 is 6.03 Å². The molecule has 0 aromatic heterocycles. The van der Waals surface area contributed by atoms with Crippen molar-refractivity contribution in [2.45, 2.75) is 32.2 Å². The van der Waals surface area contributed by atoms with E-state index in [4.69, 9.17) is 11.6 Å². The van der Waals surface area contributed by atoms with Crippen molar-refractivity contribution < 1.29 is 4.79 Å². The molecule has 1 aromatic rings. The summed E-state index contributed by atoms with van der Waals surface area (Å²) >= 11 is 6.06. The van der Waals surface area contributed by atoms with Crippen molar-refractivity contribution in [3.05, 3.63) is 29.3 Å². The maximum Gasteiger partial charge on any atom is 0.321 e. The Bertz CT molecular complexity index is 446. The number of amides is 2. The number of piperidine rings is 1. The molecule has 20 heavy (non-hydrogen) atoms. The van der Waals surface area contributed by atoms with Gasteiger partial charge in [0.15, 0.2) is 0 Å². The van der Waals surface area contributed by atoms with Gasteiger partial charge in [0.2, 0.25) is 0 Å². The van der Waals surface area contributed by atoms with Crippen LogP contribution in [0.3, 0.4) is 0 Å². The van der Waals surface area contributed by atoms with Gasteiger partial charge in [-0.15, -0.1) is 0 Å². The minimum absolute atomic E-state index is 0.0898. The quantitative estimate of drug-likeness (QED) is 0.895. The molecule has 2 N–H and O–H groups in total. The van der Waals surface area contributed by atoms with E-state index >= 15 is 0 Å². The summed E-state index contributed by atoms with van der Waals surface area (Å²) in [5, 5.41) is 6.91. The number of urea groups is 1. The Kier molecular flexibility index (Phi) is 5.68. The molecule has 1 heterocycles. The molecule has 1 aliphatic heterocycles. The summed E-state index contributed by atoms with van der Waals surface area (Å²) in [5.74, 6) is 0. The van der Waals surface area contributed by atoms with Crippen molar-refractivity contribution in [2.75, 3.05) is 25.0 Å². The summed E-state index contributed by atoms with van der Waals surface area (Å²) in [7, 11) is 0. The molecule has 0 radical (unpaired) electrons. The molecule has 1 unspecified atom stereocenters. The van der Waals surface area contributed by atoms with Crippen LogP contribution in [0, 0.1) is 0 Å². The van der Waals surface area contributed by atoms with E-state index in [1.165, 1.54) is 12.8 Å². The third kappa shape index (κ3) is 4.12. The van der Waals surface area contributed by atoms with E-state index in [1.807, 2.05) is 30.0 Å². The number of likely N-dealkylation sites (N-methyl/N-ethyl adjacent to an activating group) is 1. The van der Waals surface area contributed by atoms with Crippen LogP contribution < -0.4 is 10.6 Å². The van der Waals surface area contributed by atoms with Gasteiger partial charge in [-0.05, 0) is 38.4 Å². The minimum atomic E-state index is -0.0898. The van der Waals surface area contributed by atoms with Crippen LogP contribution in [0.5, 0.6) is 0 Å². The number of nitrogens with one attached hydrogen (secondary N) is 2. The van der Waals surface area contributed by atoms with Crippen LogP contribution in [-0.2, 0) is 0 Å². The molecule has 1 fully saturated rings. The molecule has 4 nitrogen and oxygen atoms in total. The van der Waals surface area contributed by atoms with E-state index in [-0.39, 0.29) is 6.03 Å². The number of anilines is 1. The fourth-order valence-electron chi connectivity index (χ4n) is 2.46. The summed E-state index contributed by atoms with van der Waals surface area (Å²) in [6, 6.07) is 7.61. The Labute approximate surface area is 125 Å². The van der Waals surface area contributed by atoms with Gasteiger partial charge in [0, 0.05) is 19.1 Å². The topological polar surface area (TPSA) is 44.4 Å². The van der Waals surface area contributed by atoms with E-state index in [0.717, 1.165) is 19.5 Å². The average Bonchev–Trinajstić information content (AvgIpc) is 2.48. The van der Waals surface area contributed by atoms with Gasteiger partial charge < -0.3 is 15.5 Å². The van der Waals surface area contributed by atoms with Crippen LogP contribution in [-0.4, -0.2) is 36.6 Å². The SMILES string of the molecule is CCN(CC1CCCCN1)C(=O)Nc1ccccc1Cl. The summed E-state index contributed by atoms with van der Waals surface area (Å²) in [6.07, 6.45) is 3.60. The van der Waals surface area contributed by atoms with E-state index < -0.39 is 0 Å². The molecule has 2 amide bonds. The minimum Gasteiger partial charge on any atom is -0.323 e. The van der Waals surface area contributed by atoms with Gasteiger partial charge in [-0.2, -0.15) is 0 Å². The highest BCUT2D eigenvalue weighted by molar-refractivity contribution is 6.33. The second-order valence-electron chi connectivity index (χ2n) is 5.10. The van der Waals surface area contributed by atoms with Crippen LogP contribution in [0.1, 0.15) is 26.2 Å². The third-order valence-corrected chi connectivity index (χ3v) is 3.97. The number of hydrogen-bond acceptors (Lipinski definition) is 2. The van der Waals surface area contributed by atoms with Gasteiger partial charge in [-0.3, -0.25) is 0 Å². The van der Waals surface area contributed by atoms with E-state index in [1.54, 1.807) is 6.07 Å². The standard InChI is InChI=1S/C15H22ClN3O/c1-2-19(11-12-7-5-6-10-17-12)15(20)18-14-9-4-3-8-13(14)16/h3-4,8-9,12,17H,2,5-7,10-11H2,1H3,(H,18,20). The van der Waals surface area contributed by atoms with Crippen LogP contribution in [0.4, 0.5) is 10.5 Å². The average molecular weight is 296 g/mol. The lowest BCUT2D eigenvalue weighted by atomic mass is 10.0. The molecule has 5 heteroatoms. The Morgan fingerprint density at radius 2 is 2.25 bits per heavy atom. The van der Waals surface area contributed by atoms with Gasteiger partial charge in [0.1, 0.15) is 0 Å². The number of halogens is 1. The first kappa shape index (κ1) is 15.1. The first-order valence-corrected chi connectivity index (χ1v) is 7.62. The molecule has 0 bridgehead atoms. The zero-order valence-corrected chi connectivity index (χ0v) is 12.6. The number of carbonyl (C=O) groups excluding carboxylic acids is 1. The number of rotatable bonds is 4. The summed E-state index contributed by atoms with van der Waals surface area (Å²) in [6.45, 7) is 4.48. The second-order valence-corrected chi connectivity index (χ2v) is 5.50. The van der Waals surface area contributed by atoms with Crippen molar-refractivity contribution in [2.24, 2.45) is 0 Å². The Morgan fingerprint density at radius 1 is 1.45 bits per heavy atom. The Morgan fingerprint density at radius 3 is 2.90 bits per heavy atom. The van der Waals surface area contributed by atoms with Gasteiger partial charge in [0.05, 0.1) is 10.7 Å². The lowest BCUT2D eigenvalue weighted by Gasteiger charge is -2.30. The number of hydrogen-bond donors (Lipinski definition) is 2. The zero-order valence-electron chi connectivity index (χ0n) is 11.9. The largest absolute Gasteiger partial charge is 0.323 e. The molecule has 0 spiro atoms. The number of nitrogens with zero attached hydrogens (tertiary/aromatic N) is 1. The highest BCUT2D eigenvalue weighted by Crippen LogP contribution is 2.21. The van der Waals surface area contributed by atoms with Crippen LogP contribution in [0.2, 0.25) is 5.02 Å². The first-order valence-electron chi connectivity index (χ1n) is 7.24. The monoisotopic (exact) mass is 295 g/mol. The smallest absolute Gasteiger partial charge is 0.321 e. The molecule has 1 saturated heterocycles. The Balaban J connectivity index is 1.93. The van der Waals surface area contributed by atoms with Gasteiger partial charge in [0.25, 0.3) is 0 Å². The second kappa shape index (κ2) is 7.50. The van der Waals surface area contributed by atoms with Crippen LogP contribution >= 0.6 is 11.6 Å². The van der Waals surface area contributed by atoms with Crippen molar-refractivity contribution in [3.8, 4) is 0 Å². The van der Waals surface area contributed by atoms with Crippen molar-refractivity contribution in [3.63, 3.8) is 0 Å². The van der Waals surface area contributed by atoms with E-state index in [0.29, 0.717) is 23.3 Å². The normalized spacial score (nSPS) is 18.6. The lowest BCUT2D eigenvalue weighted by molar-refractivity contribution is 0.203. The summed E-state index contributed by atoms with van der Waals surface area (Å²) < 4.78 is 0. The predicted octanol–water partition coefficient (Wildman–Crippen LogP) is 3.34. The fourth-order valence-corrected chi connectivity index (χ4v) is 2.64. The molecule has 1 atom stereocenters. The molecular weight excluding hydrogens is 274 g/mol. The first-order chi connectivity index (χ1) is 9.70. The van der Waals surface area contributed by atoms with Gasteiger partial charge in [-0.1, -0.05) is 30.2 Å². The van der Waals surface area contributed by atoms with E-state index in [2.05, 4.69) is 10.6 Å². The highest BCUT2D eigenvalue weighted by Gasteiger charge is 2.19. The van der Waals surface area contributed by atoms with Crippen molar-refractivity contribution in [1.82, 2.24) is 10.2 Å². The molecule has 1 aliphatic rings. The molecule has 0 saturated carbocycles.